The Bertz CT molecular complexity index is 169. The van der Waals surface area contributed by atoms with E-state index in [1.807, 2.05) is 0 Å². The van der Waals surface area contributed by atoms with Crippen LogP contribution in [0.4, 0.5) is 0 Å². The van der Waals surface area contributed by atoms with Crippen LogP contribution in [-0.4, -0.2) is 24.0 Å². The third-order valence-corrected chi connectivity index (χ3v) is 1.49. The Morgan fingerprint density at radius 3 is 1.20 bits per heavy atom. The van der Waals surface area contributed by atoms with E-state index in [4.69, 9.17) is 11.5 Å². The summed E-state index contributed by atoms with van der Waals surface area (Å²) in [5.74, 6) is -2.36. The molecule has 2 unspecified atom stereocenters. The first kappa shape index (κ1) is 20.0. The topological polar surface area (TPSA) is 132 Å². The molecule has 4 N–H and O–H groups in total. The van der Waals surface area contributed by atoms with Crippen molar-refractivity contribution >= 4 is 11.9 Å². The standard InChI is InChI=1S/2C4H9NO2.Zn/c2*1-2-3(5)4(6)7;/h2*3H,2,5H2,1H3,(H,6,7);/q;;+2/p-2. The second kappa shape index (κ2) is 11.6. The maximum Gasteiger partial charge on any atom is 2.00 e. The van der Waals surface area contributed by atoms with Crippen molar-refractivity contribution in [3.63, 3.8) is 0 Å². The predicted molar refractivity (Wildman–Crippen MR) is 46.5 cm³/mol. The molecule has 7 heteroatoms. The van der Waals surface area contributed by atoms with E-state index in [0.29, 0.717) is 12.8 Å². The molecule has 0 aromatic heterocycles. The number of carboxylic acid groups (broad SMARTS) is 2. The van der Waals surface area contributed by atoms with Gasteiger partial charge in [-0.3, -0.25) is 0 Å². The van der Waals surface area contributed by atoms with Crippen LogP contribution in [0, 0.1) is 0 Å². The summed E-state index contributed by atoms with van der Waals surface area (Å²) in [4.78, 5) is 19.4. The summed E-state index contributed by atoms with van der Waals surface area (Å²) in [6.07, 6.45) is 0.866. The van der Waals surface area contributed by atoms with E-state index in [1.54, 1.807) is 13.8 Å². The van der Waals surface area contributed by atoms with Gasteiger partial charge in [0.2, 0.25) is 0 Å². The van der Waals surface area contributed by atoms with Crippen molar-refractivity contribution in [2.45, 2.75) is 38.8 Å². The van der Waals surface area contributed by atoms with E-state index in [-0.39, 0.29) is 19.5 Å². The zero-order chi connectivity index (χ0) is 11.7. The van der Waals surface area contributed by atoms with E-state index < -0.39 is 24.0 Å². The number of carbonyl (C=O) groups excluding carboxylic acids is 2. The normalized spacial score (nSPS) is 12.5. The predicted octanol–water partition coefficient (Wildman–Crippen LogP) is -3.06. The smallest absolute Gasteiger partial charge is 0.548 e. The van der Waals surface area contributed by atoms with Crippen molar-refractivity contribution in [1.82, 2.24) is 0 Å². The van der Waals surface area contributed by atoms with Gasteiger partial charge < -0.3 is 31.3 Å². The van der Waals surface area contributed by atoms with Crippen molar-refractivity contribution < 1.29 is 39.3 Å². The fourth-order valence-corrected chi connectivity index (χ4v) is 0.333. The Morgan fingerprint density at radius 2 is 1.20 bits per heavy atom. The second-order valence-electron chi connectivity index (χ2n) is 2.67. The Balaban J connectivity index is -0.000000180. The molecule has 0 rings (SSSR count). The van der Waals surface area contributed by atoms with Crippen LogP contribution in [-0.2, 0) is 29.1 Å². The first-order valence-corrected chi connectivity index (χ1v) is 4.29. The summed E-state index contributed by atoms with van der Waals surface area (Å²) in [7, 11) is 0. The van der Waals surface area contributed by atoms with Crippen LogP contribution in [0.2, 0.25) is 0 Å². The van der Waals surface area contributed by atoms with Crippen LogP contribution in [0.3, 0.4) is 0 Å². The molecule has 84 valence electrons. The first-order chi connectivity index (χ1) is 6.36. The second-order valence-corrected chi connectivity index (χ2v) is 2.67. The number of carbonyl (C=O) groups is 2. The van der Waals surface area contributed by atoms with Crippen LogP contribution in [0.5, 0.6) is 0 Å². The van der Waals surface area contributed by atoms with Crippen LogP contribution < -0.4 is 21.7 Å². The summed E-state index contributed by atoms with van der Waals surface area (Å²) in [6, 6.07) is -1.58. The van der Waals surface area contributed by atoms with Crippen LogP contribution in [0.25, 0.3) is 0 Å². The molecular formula is C8H16N2O4Zn. The summed E-state index contributed by atoms with van der Waals surface area (Å²) in [5.41, 5.74) is 9.91. The van der Waals surface area contributed by atoms with Gasteiger partial charge in [-0.2, -0.15) is 0 Å². The van der Waals surface area contributed by atoms with E-state index in [1.165, 1.54) is 0 Å². The van der Waals surface area contributed by atoms with Gasteiger partial charge in [-0.15, -0.1) is 0 Å². The van der Waals surface area contributed by atoms with E-state index in [2.05, 4.69) is 0 Å². The van der Waals surface area contributed by atoms with E-state index in [9.17, 15) is 19.8 Å². The Morgan fingerprint density at radius 1 is 1.00 bits per heavy atom. The summed E-state index contributed by atoms with van der Waals surface area (Å²) in [5, 5.41) is 19.4. The van der Waals surface area contributed by atoms with Crippen molar-refractivity contribution in [2.75, 3.05) is 0 Å². The van der Waals surface area contributed by atoms with Gasteiger partial charge >= 0.3 is 19.5 Å². The molecule has 0 aliphatic rings. The number of carboxylic acids is 2. The maximum absolute atomic E-state index is 9.69. The van der Waals surface area contributed by atoms with Crippen LogP contribution >= 0.6 is 0 Å². The molecule has 0 heterocycles. The molecule has 0 saturated heterocycles. The Labute approximate surface area is 102 Å². The average molecular weight is 270 g/mol. The quantitative estimate of drug-likeness (QED) is 0.521. The van der Waals surface area contributed by atoms with Crippen molar-refractivity contribution in [3.05, 3.63) is 0 Å². The number of nitrogens with two attached hydrogens (primary N) is 2. The summed E-state index contributed by atoms with van der Waals surface area (Å²) in [6.45, 7) is 3.39. The van der Waals surface area contributed by atoms with Crippen molar-refractivity contribution in [2.24, 2.45) is 11.5 Å². The molecule has 2 atom stereocenters. The minimum absolute atomic E-state index is 0. The number of hydrogen-bond donors (Lipinski definition) is 2. The molecule has 0 spiro atoms. The maximum atomic E-state index is 9.69. The van der Waals surface area contributed by atoms with Gasteiger partial charge in [-0.05, 0) is 12.8 Å². The van der Waals surface area contributed by atoms with Gasteiger partial charge in [0.25, 0.3) is 0 Å². The molecular weight excluding hydrogens is 253 g/mol. The third-order valence-electron chi connectivity index (χ3n) is 1.49. The molecule has 0 aromatic rings. The minimum atomic E-state index is -1.18. The van der Waals surface area contributed by atoms with Gasteiger partial charge in [0.1, 0.15) is 0 Å². The molecule has 0 amide bonds. The molecule has 6 nitrogen and oxygen atoms in total. The first-order valence-electron chi connectivity index (χ1n) is 4.29. The van der Waals surface area contributed by atoms with E-state index in [0.717, 1.165) is 0 Å². The summed E-state index contributed by atoms with van der Waals surface area (Å²) >= 11 is 0. The number of hydrogen-bond acceptors (Lipinski definition) is 6. The van der Waals surface area contributed by atoms with Crippen molar-refractivity contribution in [1.29, 1.82) is 0 Å². The summed E-state index contributed by atoms with van der Waals surface area (Å²) < 4.78 is 0. The number of rotatable bonds is 4. The van der Waals surface area contributed by atoms with Gasteiger partial charge in [0, 0.05) is 12.1 Å². The monoisotopic (exact) mass is 268 g/mol. The van der Waals surface area contributed by atoms with Crippen LogP contribution in [0.1, 0.15) is 26.7 Å². The van der Waals surface area contributed by atoms with Gasteiger partial charge in [0.15, 0.2) is 0 Å². The molecule has 0 aliphatic carbocycles. The van der Waals surface area contributed by atoms with Crippen LogP contribution in [0.15, 0.2) is 0 Å². The molecule has 0 fully saturated rings. The molecule has 15 heavy (non-hydrogen) atoms. The molecule has 0 aliphatic heterocycles. The molecule has 0 bridgehead atoms. The third kappa shape index (κ3) is 13.5. The van der Waals surface area contributed by atoms with Crippen molar-refractivity contribution in [3.8, 4) is 0 Å². The molecule has 0 aromatic carbocycles. The largest absolute Gasteiger partial charge is 2.00 e. The minimum Gasteiger partial charge on any atom is -0.548 e. The van der Waals surface area contributed by atoms with Gasteiger partial charge in [0.05, 0.1) is 11.9 Å². The van der Waals surface area contributed by atoms with Gasteiger partial charge in [-0.1, -0.05) is 13.8 Å². The van der Waals surface area contributed by atoms with Gasteiger partial charge in [-0.25, -0.2) is 0 Å². The number of aliphatic carboxylic acids is 2. The average Bonchev–Trinajstić information content (AvgIpc) is 2.15. The molecule has 0 saturated carbocycles. The van der Waals surface area contributed by atoms with E-state index >= 15 is 0 Å². The molecule has 0 radical (unpaired) electrons. The Hall–Kier alpha value is -0.517. The fourth-order valence-electron chi connectivity index (χ4n) is 0.333. The zero-order valence-electron chi connectivity index (χ0n) is 9.06. The fraction of sp³-hybridized carbons (Fsp3) is 0.750. The SMILES string of the molecule is CCC(N)C(=O)[O-].CCC(N)C(=O)[O-].[Zn+2]. The Kier molecular flexibility index (Phi) is 15.4. The zero-order valence-corrected chi connectivity index (χ0v) is 12.0.